The summed E-state index contributed by atoms with van der Waals surface area (Å²) in [5, 5.41) is 25.2. The Bertz CT molecular complexity index is 1080. The van der Waals surface area contributed by atoms with Crippen LogP contribution in [0.1, 0.15) is 78.0 Å². The fourth-order valence-corrected chi connectivity index (χ4v) is 4.11. The summed E-state index contributed by atoms with van der Waals surface area (Å²) in [6, 6.07) is 10.4. The van der Waals surface area contributed by atoms with Crippen LogP contribution in [0.3, 0.4) is 0 Å². The van der Waals surface area contributed by atoms with Gasteiger partial charge in [0.1, 0.15) is 29.2 Å². The van der Waals surface area contributed by atoms with Crippen molar-refractivity contribution < 1.29 is 29.3 Å². The molecule has 0 bridgehead atoms. The van der Waals surface area contributed by atoms with Crippen LogP contribution < -0.4 is 10.6 Å². The zero-order valence-corrected chi connectivity index (χ0v) is 23.9. The van der Waals surface area contributed by atoms with Crippen LogP contribution in [0.2, 0.25) is 0 Å². The number of amides is 3. The van der Waals surface area contributed by atoms with Crippen molar-refractivity contribution in [2.45, 2.75) is 91.0 Å². The minimum atomic E-state index is -1.04. The quantitative estimate of drug-likeness (QED) is 0.285. The maximum absolute atomic E-state index is 14.3. The number of benzene rings is 2. The largest absolute Gasteiger partial charge is 0.508 e. The standard InChI is InChI=1S/C30H43N3O6/c1-7-8-9-18-33(26(27(36)31-20(2)3)22-12-16-24(35)17-13-22)28(37)25(32-29(38)39-30(4,5)6)19-21-10-14-23(34)15-11-21/h10-17,20,25-26,34-35H,7-9,18-19H2,1-6H3,(H,31,36)(H,32,38). The molecule has 0 aromatic heterocycles. The lowest BCUT2D eigenvalue weighted by Gasteiger charge is -2.35. The van der Waals surface area contributed by atoms with Gasteiger partial charge < -0.3 is 30.5 Å². The number of phenolic OH excluding ortho intramolecular Hbond substituents is 2. The van der Waals surface area contributed by atoms with Crippen molar-refractivity contribution in [2.75, 3.05) is 6.54 Å². The second-order valence-electron chi connectivity index (χ2n) is 11.0. The van der Waals surface area contributed by atoms with Gasteiger partial charge >= 0.3 is 6.09 Å². The van der Waals surface area contributed by atoms with Gasteiger partial charge in [-0.1, -0.05) is 44.0 Å². The topological polar surface area (TPSA) is 128 Å². The molecule has 2 aromatic carbocycles. The predicted octanol–water partition coefficient (Wildman–Crippen LogP) is 4.82. The van der Waals surface area contributed by atoms with E-state index in [0.29, 0.717) is 17.5 Å². The molecule has 39 heavy (non-hydrogen) atoms. The third kappa shape index (κ3) is 10.5. The first kappa shape index (κ1) is 31.5. The molecule has 0 aliphatic rings. The van der Waals surface area contributed by atoms with Crippen molar-refractivity contribution >= 4 is 17.9 Å². The van der Waals surface area contributed by atoms with E-state index >= 15 is 0 Å². The Morgan fingerprint density at radius 2 is 1.46 bits per heavy atom. The van der Waals surface area contributed by atoms with Gasteiger partial charge in [0.05, 0.1) is 0 Å². The average molecular weight is 542 g/mol. The smallest absolute Gasteiger partial charge is 0.408 e. The Kier molecular flexibility index (Phi) is 11.6. The number of nitrogens with one attached hydrogen (secondary N) is 2. The van der Waals surface area contributed by atoms with E-state index < -0.39 is 29.7 Å². The molecule has 9 heteroatoms. The molecule has 0 heterocycles. The van der Waals surface area contributed by atoms with E-state index in [9.17, 15) is 24.6 Å². The first-order valence-corrected chi connectivity index (χ1v) is 13.5. The molecule has 2 unspecified atom stereocenters. The molecule has 0 saturated carbocycles. The summed E-state index contributed by atoms with van der Waals surface area (Å²) in [7, 11) is 0. The van der Waals surface area contributed by atoms with Crippen molar-refractivity contribution in [2.24, 2.45) is 0 Å². The number of nitrogens with zero attached hydrogens (tertiary/aromatic N) is 1. The van der Waals surface area contributed by atoms with Crippen LogP contribution in [-0.4, -0.2) is 57.3 Å². The van der Waals surface area contributed by atoms with E-state index in [1.807, 2.05) is 20.8 Å². The Labute approximate surface area is 231 Å². The highest BCUT2D eigenvalue weighted by atomic mass is 16.6. The minimum absolute atomic E-state index is 0.0439. The molecule has 0 saturated heterocycles. The molecule has 0 radical (unpaired) electrons. The number of ether oxygens (including phenoxy) is 1. The Balaban J connectivity index is 2.54. The van der Waals surface area contributed by atoms with Crippen LogP contribution in [0, 0.1) is 0 Å². The molecule has 2 atom stereocenters. The fourth-order valence-electron chi connectivity index (χ4n) is 4.11. The first-order chi connectivity index (χ1) is 18.3. The second kappa shape index (κ2) is 14.4. The van der Waals surface area contributed by atoms with Crippen LogP contribution >= 0.6 is 0 Å². The second-order valence-corrected chi connectivity index (χ2v) is 11.0. The SMILES string of the molecule is CCCCCN(C(=O)C(Cc1ccc(O)cc1)NC(=O)OC(C)(C)C)C(C(=O)NC(C)C)c1ccc(O)cc1. The van der Waals surface area contributed by atoms with Crippen LogP contribution in [0.4, 0.5) is 4.79 Å². The number of phenols is 2. The third-order valence-electron chi connectivity index (χ3n) is 5.85. The lowest BCUT2D eigenvalue weighted by molar-refractivity contribution is -0.142. The van der Waals surface area contributed by atoms with Crippen molar-refractivity contribution in [3.63, 3.8) is 0 Å². The molecule has 0 aliphatic heterocycles. The summed E-state index contributed by atoms with van der Waals surface area (Å²) >= 11 is 0. The molecular formula is C30H43N3O6. The third-order valence-corrected chi connectivity index (χ3v) is 5.85. The highest BCUT2D eigenvalue weighted by Gasteiger charge is 2.36. The maximum atomic E-state index is 14.3. The van der Waals surface area contributed by atoms with Crippen molar-refractivity contribution in [3.05, 3.63) is 59.7 Å². The number of carbonyl (C=O) groups excluding carboxylic acids is 3. The fraction of sp³-hybridized carbons (Fsp3) is 0.500. The van der Waals surface area contributed by atoms with Gasteiger partial charge in [-0.15, -0.1) is 0 Å². The molecule has 214 valence electrons. The number of carbonyl (C=O) groups is 3. The average Bonchev–Trinajstić information content (AvgIpc) is 2.83. The molecule has 0 fully saturated rings. The zero-order valence-electron chi connectivity index (χ0n) is 23.9. The van der Waals surface area contributed by atoms with Crippen LogP contribution in [0.5, 0.6) is 11.5 Å². The molecular weight excluding hydrogens is 498 g/mol. The van der Waals surface area contributed by atoms with Gasteiger partial charge in [0.25, 0.3) is 0 Å². The van der Waals surface area contributed by atoms with Gasteiger partial charge in [0.15, 0.2) is 0 Å². The number of alkyl carbamates (subject to hydrolysis) is 1. The summed E-state index contributed by atoms with van der Waals surface area (Å²) in [6.45, 7) is 11.2. The van der Waals surface area contributed by atoms with Gasteiger partial charge in [0.2, 0.25) is 11.8 Å². The Morgan fingerprint density at radius 3 is 1.97 bits per heavy atom. The van der Waals surface area contributed by atoms with E-state index in [-0.39, 0.29) is 36.4 Å². The van der Waals surface area contributed by atoms with Gasteiger partial charge in [-0.25, -0.2) is 4.79 Å². The van der Waals surface area contributed by atoms with Gasteiger partial charge in [-0.05, 0) is 76.4 Å². The Morgan fingerprint density at radius 1 is 0.897 bits per heavy atom. The van der Waals surface area contributed by atoms with Crippen molar-refractivity contribution in [3.8, 4) is 11.5 Å². The number of unbranched alkanes of at least 4 members (excludes halogenated alkanes) is 2. The minimum Gasteiger partial charge on any atom is -0.508 e. The molecule has 0 spiro atoms. The van der Waals surface area contributed by atoms with E-state index in [1.54, 1.807) is 45.0 Å². The predicted molar refractivity (Wildman–Crippen MR) is 150 cm³/mol. The monoisotopic (exact) mass is 541 g/mol. The molecule has 9 nitrogen and oxygen atoms in total. The molecule has 2 aromatic rings. The van der Waals surface area contributed by atoms with E-state index in [4.69, 9.17) is 4.74 Å². The first-order valence-electron chi connectivity index (χ1n) is 13.5. The number of hydrogen-bond acceptors (Lipinski definition) is 6. The number of rotatable bonds is 12. The molecule has 2 rings (SSSR count). The Hall–Kier alpha value is -3.75. The van der Waals surface area contributed by atoms with Crippen molar-refractivity contribution in [1.29, 1.82) is 0 Å². The summed E-state index contributed by atoms with van der Waals surface area (Å²) < 4.78 is 5.44. The van der Waals surface area contributed by atoms with Crippen LogP contribution in [0.25, 0.3) is 0 Å². The van der Waals surface area contributed by atoms with E-state index in [1.165, 1.54) is 29.2 Å². The molecule has 3 amide bonds. The van der Waals surface area contributed by atoms with Crippen LogP contribution in [0.15, 0.2) is 48.5 Å². The van der Waals surface area contributed by atoms with Crippen molar-refractivity contribution in [1.82, 2.24) is 15.5 Å². The number of hydrogen-bond donors (Lipinski definition) is 4. The van der Waals surface area contributed by atoms with Gasteiger partial charge in [-0.2, -0.15) is 0 Å². The van der Waals surface area contributed by atoms with Gasteiger partial charge in [-0.3, -0.25) is 9.59 Å². The zero-order chi connectivity index (χ0) is 29.2. The summed E-state index contributed by atoms with van der Waals surface area (Å²) in [5.41, 5.74) is 0.475. The lowest BCUT2D eigenvalue weighted by Crippen LogP contribution is -2.54. The summed E-state index contributed by atoms with van der Waals surface area (Å²) in [6.07, 6.45) is 1.79. The molecule has 4 N–H and O–H groups in total. The normalized spacial score (nSPS) is 12.9. The van der Waals surface area contributed by atoms with E-state index in [0.717, 1.165) is 12.8 Å². The highest BCUT2D eigenvalue weighted by molar-refractivity contribution is 5.92. The highest BCUT2D eigenvalue weighted by Crippen LogP contribution is 2.26. The summed E-state index contributed by atoms with van der Waals surface area (Å²) in [4.78, 5) is 42.1. The van der Waals surface area contributed by atoms with Crippen LogP contribution in [-0.2, 0) is 20.7 Å². The maximum Gasteiger partial charge on any atom is 0.408 e. The van der Waals surface area contributed by atoms with Gasteiger partial charge in [0, 0.05) is 19.0 Å². The lowest BCUT2D eigenvalue weighted by atomic mass is 9.99. The summed E-state index contributed by atoms with van der Waals surface area (Å²) in [5.74, 6) is -0.675. The number of aromatic hydroxyl groups is 2. The van der Waals surface area contributed by atoms with E-state index in [2.05, 4.69) is 10.6 Å². The molecule has 0 aliphatic carbocycles.